The first-order valence-electron chi connectivity index (χ1n) is 9.33. The van der Waals surface area contributed by atoms with Crippen LogP contribution >= 0.6 is 0 Å². The molecule has 0 fully saturated rings. The number of Topliss-reactive ketones (excluding diaryl/α,β-unsaturated/α-hetero) is 1. The van der Waals surface area contributed by atoms with Gasteiger partial charge in [-0.3, -0.25) is 19.8 Å². The zero-order valence-corrected chi connectivity index (χ0v) is 15.7. The molecule has 0 aliphatic carbocycles. The van der Waals surface area contributed by atoms with E-state index < -0.39 is 0 Å². The van der Waals surface area contributed by atoms with Gasteiger partial charge in [0.2, 0.25) is 0 Å². The van der Waals surface area contributed by atoms with Crippen LogP contribution in [0.1, 0.15) is 41.6 Å². The van der Waals surface area contributed by atoms with Crippen molar-refractivity contribution in [1.29, 1.82) is 0 Å². The second kappa shape index (κ2) is 7.84. The van der Waals surface area contributed by atoms with Gasteiger partial charge < -0.3 is 5.32 Å². The topological polar surface area (TPSA) is 66.7 Å². The highest BCUT2D eigenvalue weighted by Crippen LogP contribution is 2.27. The van der Waals surface area contributed by atoms with Crippen molar-refractivity contribution in [3.8, 4) is 0 Å². The zero-order chi connectivity index (χ0) is 19.5. The third-order valence-corrected chi connectivity index (χ3v) is 5.04. The molecule has 6 heteroatoms. The molecule has 0 radical (unpaired) electrons. The molecule has 1 aromatic heterocycles. The number of hydrogen-bond acceptors (Lipinski definition) is 5. The number of carbonyl (C=O) groups is 1. The van der Waals surface area contributed by atoms with E-state index in [0.29, 0.717) is 26.1 Å². The van der Waals surface area contributed by atoms with E-state index in [2.05, 4.69) is 20.3 Å². The lowest BCUT2D eigenvalue weighted by molar-refractivity contribution is -0.118. The van der Waals surface area contributed by atoms with Crippen molar-refractivity contribution >= 4 is 23.9 Å². The smallest absolute Gasteiger partial charge is 0.139 e. The van der Waals surface area contributed by atoms with Crippen LogP contribution < -0.4 is 5.32 Å². The predicted octanol–water partition coefficient (Wildman–Crippen LogP) is 3.45. The van der Waals surface area contributed by atoms with E-state index >= 15 is 0 Å². The lowest BCUT2D eigenvalue weighted by atomic mass is 9.94. The van der Waals surface area contributed by atoms with E-state index in [4.69, 9.17) is 0 Å². The first-order chi connectivity index (χ1) is 13.6. The molecule has 3 heterocycles. The SMILES string of the molecule is C[C@@H](CC(=O)Cc1cc2c(cn1)C(=C1C=NCN=C1)NC2)c1ccc(F)cc1. The summed E-state index contributed by atoms with van der Waals surface area (Å²) in [6.07, 6.45) is 6.16. The van der Waals surface area contributed by atoms with Crippen molar-refractivity contribution in [1.82, 2.24) is 10.3 Å². The van der Waals surface area contributed by atoms with Crippen molar-refractivity contribution in [2.24, 2.45) is 9.98 Å². The van der Waals surface area contributed by atoms with Gasteiger partial charge in [-0.1, -0.05) is 19.1 Å². The van der Waals surface area contributed by atoms with Gasteiger partial charge >= 0.3 is 0 Å². The molecular formula is C22H21FN4O. The molecule has 1 aromatic carbocycles. The number of hydrogen-bond donors (Lipinski definition) is 1. The summed E-state index contributed by atoms with van der Waals surface area (Å²) in [6, 6.07) is 8.32. The van der Waals surface area contributed by atoms with Crippen molar-refractivity contribution < 1.29 is 9.18 Å². The molecule has 0 saturated heterocycles. The van der Waals surface area contributed by atoms with Gasteiger partial charge in [-0.25, -0.2) is 4.39 Å². The van der Waals surface area contributed by atoms with E-state index in [9.17, 15) is 9.18 Å². The maximum absolute atomic E-state index is 13.1. The Hall–Kier alpha value is -3.15. The molecular weight excluding hydrogens is 355 g/mol. The summed E-state index contributed by atoms with van der Waals surface area (Å²) < 4.78 is 13.1. The number of nitrogens with one attached hydrogen (secondary N) is 1. The average Bonchev–Trinajstić information content (AvgIpc) is 3.12. The number of aromatic nitrogens is 1. The van der Waals surface area contributed by atoms with Crippen LogP contribution in [0.3, 0.4) is 0 Å². The minimum Gasteiger partial charge on any atom is -0.380 e. The summed E-state index contributed by atoms with van der Waals surface area (Å²) in [6.45, 7) is 3.15. The maximum atomic E-state index is 13.1. The maximum Gasteiger partial charge on any atom is 0.139 e. The Morgan fingerprint density at radius 2 is 1.96 bits per heavy atom. The first-order valence-corrected chi connectivity index (χ1v) is 9.33. The van der Waals surface area contributed by atoms with Crippen LogP contribution in [0, 0.1) is 5.82 Å². The van der Waals surface area contributed by atoms with Crippen LogP contribution in [-0.4, -0.2) is 29.9 Å². The zero-order valence-electron chi connectivity index (χ0n) is 15.7. The van der Waals surface area contributed by atoms with Gasteiger partial charge in [0.15, 0.2) is 0 Å². The number of fused-ring (bicyclic) bond motifs is 1. The van der Waals surface area contributed by atoms with Gasteiger partial charge in [-0.15, -0.1) is 0 Å². The number of ketones is 1. The van der Waals surface area contributed by atoms with Gasteiger partial charge in [0.05, 0.1) is 5.70 Å². The molecule has 0 saturated carbocycles. The van der Waals surface area contributed by atoms with Crippen molar-refractivity contribution in [3.63, 3.8) is 0 Å². The number of rotatable bonds is 5. The van der Waals surface area contributed by atoms with Gasteiger partial charge in [0.1, 0.15) is 18.3 Å². The molecule has 2 aliphatic heterocycles. The van der Waals surface area contributed by atoms with Gasteiger partial charge in [-0.05, 0) is 35.2 Å². The molecule has 28 heavy (non-hydrogen) atoms. The van der Waals surface area contributed by atoms with E-state index in [1.54, 1.807) is 12.1 Å². The molecule has 0 amide bonds. The van der Waals surface area contributed by atoms with Crippen LogP contribution in [0.2, 0.25) is 0 Å². The molecule has 1 atom stereocenters. The van der Waals surface area contributed by atoms with E-state index in [-0.39, 0.29) is 17.5 Å². The number of nitrogens with zero attached hydrogens (tertiary/aromatic N) is 3. The Bertz CT molecular complexity index is 978. The van der Waals surface area contributed by atoms with Crippen molar-refractivity contribution in [3.05, 3.63) is 70.3 Å². The standard InChI is InChI=1S/C22H21FN4O/c1-14(15-2-4-18(23)5-3-15)6-20(28)8-19-7-16-11-27-22(21(16)12-26-19)17-9-24-13-25-10-17/h2-5,7,9-10,12,14,27H,6,8,11,13H2,1H3/t14-/m0/s1. The Morgan fingerprint density at radius 3 is 2.71 bits per heavy atom. The van der Waals surface area contributed by atoms with Gasteiger partial charge in [0.25, 0.3) is 0 Å². The largest absolute Gasteiger partial charge is 0.380 e. The minimum atomic E-state index is -0.265. The summed E-state index contributed by atoms with van der Waals surface area (Å²) in [7, 11) is 0. The van der Waals surface area contributed by atoms with Crippen molar-refractivity contribution in [2.75, 3.05) is 6.67 Å². The Labute approximate surface area is 163 Å². The quantitative estimate of drug-likeness (QED) is 0.869. The molecule has 0 spiro atoms. The minimum absolute atomic E-state index is 0.0467. The third-order valence-electron chi connectivity index (χ3n) is 5.04. The summed E-state index contributed by atoms with van der Waals surface area (Å²) in [4.78, 5) is 25.4. The lowest BCUT2D eigenvalue weighted by Gasteiger charge is -2.11. The van der Waals surface area contributed by atoms with Gasteiger partial charge in [0, 0.05) is 54.8 Å². The van der Waals surface area contributed by atoms with E-state index in [0.717, 1.165) is 33.7 Å². The lowest BCUT2D eigenvalue weighted by Crippen LogP contribution is -2.09. The molecule has 4 rings (SSSR count). The van der Waals surface area contributed by atoms with Crippen LogP contribution in [0.5, 0.6) is 0 Å². The first kappa shape index (κ1) is 18.2. The molecule has 142 valence electrons. The number of allylic oxidation sites excluding steroid dienone is 1. The Morgan fingerprint density at radius 1 is 1.21 bits per heavy atom. The number of pyridine rings is 1. The summed E-state index contributed by atoms with van der Waals surface area (Å²) in [5.41, 5.74) is 5.83. The summed E-state index contributed by atoms with van der Waals surface area (Å²) in [5.74, 6) is -0.0934. The van der Waals surface area contributed by atoms with Crippen LogP contribution in [0.25, 0.3) is 5.70 Å². The fourth-order valence-corrected chi connectivity index (χ4v) is 3.56. The van der Waals surface area contributed by atoms with Crippen LogP contribution in [-0.2, 0) is 17.8 Å². The molecule has 0 bridgehead atoms. The third kappa shape index (κ3) is 3.91. The molecule has 2 aliphatic rings. The molecule has 0 unspecified atom stereocenters. The van der Waals surface area contributed by atoms with Crippen LogP contribution in [0.4, 0.5) is 4.39 Å². The molecule has 1 N–H and O–H groups in total. The average molecular weight is 376 g/mol. The number of halogens is 1. The summed E-state index contributed by atoms with van der Waals surface area (Å²) >= 11 is 0. The highest BCUT2D eigenvalue weighted by Gasteiger charge is 2.21. The fraction of sp³-hybridized carbons (Fsp3) is 0.273. The summed E-state index contributed by atoms with van der Waals surface area (Å²) in [5, 5.41) is 3.37. The van der Waals surface area contributed by atoms with E-state index in [1.165, 1.54) is 12.1 Å². The number of aliphatic imine (C=N–C) groups is 2. The predicted molar refractivity (Wildman–Crippen MR) is 108 cm³/mol. The number of carbonyl (C=O) groups excluding carboxylic acids is 1. The second-order valence-corrected chi connectivity index (χ2v) is 7.15. The van der Waals surface area contributed by atoms with E-state index in [1.807, 2.05) is 31.6 Å². The molecule has 2 aromatic rings. The van der Waals surface area contributed by atoms with Crippen molar-refractivity contribution in [2.45, 2.75) is 32.2 Å². The monoisotopic (exact) mass is 376 g/mol. The fourth-order valence-electron chi connectivity index (χ4n) is 3.56. The van der Waals surface area contributed by atoms with Crippen LogP contribution in [0.15, 0.2) is 52.1 Å². The Balaban J connectivity index is 1.44. The highest BCUT2D eigenvalue weighted by atomic mass is 19.1. The van der Waals surface area contributed by atoms with Gasteiger partial charge in [-0.2, -0.15) is 0 Å². The number of benzene rings is 1. The second-order valence-electron chi connectivity index (χ2n) is 7.15. The Kier molecular flexibility index (Phi) is 5.10. The molecule has 5 nitrogen and oxygen atoms in total. The normalized spacial score (nSPS) is 16.1. The highest BCUT2D eigenvalue weighted by molar-refractivity contribution is 6.12.